The molecule has 3 heterocycles. The number of hydrogen-bond acceptors (Lipinski definition) is 5. The molecule has 2 N–H and O–H groups in total. The Balaban J connectivity index is 1.67. The third-order valence-corrected chi connectivity index (χ3v) is 6.00. The molecule has 1 saturated heterocycles. The average Bonchev–Trinajstić information content (AvgIpc) is 3.07. The van der Waals surface area contributed by atoms with E-state index in [0.29, 0.717) is 12.4 Å². The summed E-state index contributed by atoms with van der Waals surface area (Å²) in [4.78, 5) is 1.06. The number of nitrogens with one attached hydrogen (secondary N) is 2. The van der Waals surface area contributed by atoms with Gasteiger partial charge in [0.25, 0.3) is 0 Å². The van der Waals surface area contributed by atoms with Crippen LogP contribution >= 0.6 is 11.3 Å². The molecule has 1 fully saturated rings. The Morgan fingerprint density at radius 1 is 1.50 bits per heavy atom. The fraction of sp³-hybridized carbons (Fsp3) is 0.500. The Labute approximate surface area is 133 Å². The quantitative estimate of drug-likeness (QED) is 0.876. The normalized spacial score (nSPS) is 19.2. The molecule has 2 aromatic heterocycles. The van der Waals surface area contributed by atoms with Crippen LogP contribution in [0.1, 0.15) is 24.8 Å². The van der Waals surface area contributed by atoms with Crippen LogP contribution in [0.2, 0.25) is 0 Å². The first-order valence-corrected chi connectivity index (χ1v) is 9.79. The first-order chi connectivity index (χ1) is 10.5. The topological polar surface area (TPSA) is 84.1 Å². The molecule has 0 radical (unpaired) electrons. The highest BCUT2D eigenvalue weighted by atomic mass is 32.2. The van der Waals surface area contributed by atoms with Gasteiger partial charge in [-0.1, -0.05) is 0 Å². The van der Waals surface area contributed by atoms with Crippen molar-refractivity contribution in [2.24, 2.45) is 0 Å². The van der Waals surface area contributed by atoms with E-state index in [1.807, 2.05) is 18.4 Å². The largest absolute Gasteiger partial charge is 0.377 e. The summed E-state index contributed by atoms with van der Waals surface area (Å²) in [5.41, 5.74) is 1.96. The van der Waals surface area contributed by atoms with E-state index < -0.39 is 10.0 Å². The van der Waals surface area contributed by atoms with E-state index in [0.717, 1.165) is 35.4 Å². The van der Waals surface area contributed by atoms with Crippen LogP contribution in [0.25, 0.3) is 10.6 Å². The number of aromatic nitrogens is 2. The van der Waals surface area contributed by atoms with Crippen molar-refractivity contribution in [2.45, 2.75) is 32.3 Å². The molecule has 22 heavy (non-hydrogen) atoms. The van der Waals surface area contributed by atoms with Gasteiger partial charge in [0, 0.05) is 12.7 Å². The van der Waals surface area contributed by atoms with E-state index in [9.17, 15) is 8.42 Å². The maximum absolute atomic E-state index is 12.2. The number of sulfonamides is 1. The molecular formula is C14H19N3O3S2. The smallest absolute Gasteiger partial charge is 0.236 e. The highest BCUT2D eigenvalue weighted by molar-refractivity contribution is 7.92. The van der Waals surface area contributed by atoms with Crippen molar-refractivity contribution in [2.75, 3.05) is 17.1 Å². The number of hydrogen-bond donors (Lipinski definition) is 2. The van der Waals surface area contributed by atoms with Crippen molar-refractivity contribution in [3.8, 4) is 10.6 Å². The van der Waals surface area contributed by atoms with Gasteiger partial charge in [-0.25, -0.2) is 8.42 Å². The van der Waals surface area contributed by atoms with E-state index in [-0.39, 0.29) is 11.9 Å². The monoisotopic (exact) mass is 341 g/mol. The van der Waals surface area contributed by atoms with Gasteiger partial charge in [0.05, 0.1) is 22.4 Å². The minimum Gasteiger partial charge on any atom is -0.377 e. The van der Waals surface area contributed by atoms with Crippen LogP contribution in [0.4, 0.5) is 5.82 Å². The lowest BCUT2D eigenvalue weighted by Gasteiger charge is -2.22. The summed E-state index contributed by atoms with van der Waals surface area (Å²) in [5, 5.41) is 8.92. The van der Waals surface area contributed by atoms with Crippen LogP contribution in [-0.4, -0.2) is 37.1 Å². The molecule has 0 aromatic carbocycles. The summed E-state index contributed by atoms with van der Waals surface area (Å²) in [6, 6.07) is 3.74. The number of aryl methyl sites for hydroxylation is 1. The number of thiophene rings is 1. The lowest BCUT2D eigenvalue weighted by atomic mass is 10.1. The van der Waals surface area contributed by atoms with E-state index in [4.69, 9.17) is 4.74 Å². The molecule has 1 atom stereocenters. The van der Waals surface area contributed by atoms with Gasteiger partial charge in [0.1, 0.15) is 0 Å². The highest BCUT2D eigenvalue weighted by Crippen LogP contribution is 2.29. The second-order valence-corrected chi connectivity index (χ2v) is 8.15. The number of ether oxygens (including phenoxy) is 1. The minimum atomic E-state index is -3.45. The van der Waals surface area contributed by atoms with Crippen molar-refractivity contribution >= 4 is 27.2 Å². The lowest BCUT2D eigenvalue weighted by molar-refractivity contribution is 0.0306. The summed E-state index contributed by atoms with van der Waals surface area (Å²) in [5.74, 6) is 0.298. The van der Waals surface area contributed by atoms with Crippen molar-refractivity contribution in [1.29, 1.82) is 0 Å². The molecule has 6 nitrogen and oxygen atoms in total. The summed E-state index contributed by atoms with van der Waals surface area (Å²) in [6.07, 6.45) is 2.60. The van der Waals surface area contributed by atoms with Crippen LogP contribution in [0.3, 0.4) is 0 Å². The highest BCUT2D eigenvalue weighted by Gasteiger charge is 2.23. The van der Waals surface area contributed by atoms with Crippen LogP contribution in [0.15, 0.2) is 17.5 Å². The van der Waals surface area contributed by atoms with Gasteiger partial charge >= 0.3 is 0 Å². The molecule has 8 heteroatoms. The third kappa shape index (κ3) is 3.68. The first-order valence-electron chi connectivity index (χ1n) is 7.25. The van der Waals surface area contributed by atoms with Gasteiger partial charge in [-0.3, -0.25) is 9.82 Å². The molecule has 2 aromatic rings. The van der Waals surface area contributed by atoms with Crippen molar-refractivity contribution in [1.82, 2.24) is 10.2 Å². The van der Waals surface area contributed by atoms with Gasteiger partial charge in [-0.2, -0.15) is 5.10 Å². The maximum Gasteiger partial charge on any atom is 0.236 e. The fourth-order valence-electron chi connectivity index (χ4n) is 2.52. The van der Waals surface area contributed by atoms with Crippen LogP contribution < -0.4 is 4.72 Å². The predicted molar refractivity (Wildman–Crippen MR) is 87.6 cm³/mol. The van der Waals surface area contributed by atoms with E-state index in [2.05, 4.69) is 14.9 Å². The van der Waals surface area contributed by atoms with Gasteiger partial charge < -0.3 is 4.74 Å². The van der Waals surface area contributed by atoms with Gasteiger partial charge in [-0.15, -0.1) is 11.3 Å². The Bertz CT molecular complexity index is 730. The second-order valence-electron chi connectivity index (χ2n) is 5.47. The van der Waals surface area contributed by atoms with Crippen LogP contribution in [-0.2, 0) is 14.8 Å². The average molecular weight is 341 g/mol. The molecule has 3 rings (SSSR count). The molecule has 0 amide bonds. The molecule has 0 bridgehead atoms. The summed E-state index contributed by atoms with van der Waals surface area (Å²) >= 11 is 1.59. The Hall–Kier alpha value is -1.38. The Morgan fingerprint density at radius 3 is 3.05 bits per heavy atom. The standard InChI is InChI=1S/C14H19N3O3S2/c1-10-5-7-21-14(10)12-8-13(16-15-12)17-22(18,19)9-11-4-2-3-6-20-11/h5,7-8,11H,2-4,6,9H2,1H3,(H2,15,16,17). The van der Waals surface area contributed by atoms with Crippen LogP contribution in [0.5, 0.6) is 0 Å². The molecule has 1 aliphatic heterocycles. The van der Waals surface area contributed by atoms with Gasteiger partial charge in [0.2, 0.25) is 10.0 Å². The SMILES string of the molecule is Cc1ccsc1-c1cc(NS(=O)(=O)CC2CCCCO2)n[nH]1. The molecule has 0 aliphatic carbocycles. The van der Waals surface area contributed by atoms with E-state index >= 15 is 0 Å². The Kier molecular flexibility index (Phi) is 4.51. The number of anilines is 1. The molecule has 120 valence electrons. The van der Waals surface area contributed by atoms with Crippen molar-refractivity contribution in [3.63, 3.8) is 0 Å². The second kappa shape index (κ2) is 6.39. The van der Waals surface area contributed by atoms with Crippen molar-refractivity contribution in [3.05, 3.63) is 23.1 Å². The summed E-state index contributed by atoms with van der Waals surface area (Å²) in [6.45, 7) is 2.65. The molecular weight excluding hydrogens is 322 g/mol. The Morgan fingerprint density at radius 2 is 2.36 bits per heavy atom. The zero-order valence-electron chi connectivity index (χ0n) is 12.3. The minimum absolute atomic E-state index is 0.0206. The zero-order valence-corrected chi connectivity index (χ0v) is 14.0. The van der Waals surface area contributed by atoms with Gasteiger partial charge in [-0.05, 0) is 43.2 Å². The predicted octanol–water partition coefficient (Wildman–Crippen LogP) is 2.76. The lowest BCUT2D eigenvalue weighted by Crippen LogP contribution is -2.30. The number of rotatable bonds is 5. The first kappa shape index (κ1) is 15.5. The van der Waals surface area contributed by atoms with Crippen LogP contribution in [0, 0.1) is 6.92 Å². The van der Waals surface area contributed by atoms with E-state index in [1.54, 1.807) is 17.4 Å². The zero-order chi connectivity index (χ0) is 15.6. The summed E-state index contributed by atoms with van der Waals surface area (Å²) < 4.78 is 32.4. The third-order valence-electron chi connectivity index (χ3n) is 3.62. The van der Waals surface area contributed by atoms with Gasteiger partial charge in [0.15, 0.2) is 5.82 Å². The van der Waals surface area contributed by atoms with Crippen molar-refractivity contribution < 1.29 is 13.2 Å². The molecule has 1 aliphatic rings. The number of nitrogens with zero attached hydrogens (tertiary/aromatic N) is 1. The number of aromatic amines is 1. The fourth-order valence-corrected chi connectivity index (χ4v) is 4.68. The molecule has 0 saturated carbocycles. The maximum atomic E-state index is 12.2. The molecule has 1 unspecified atom stereocenters. The van der Waals surface area contributed by atoms with E-state index in [1.165, 1.54) is 0 Å². The molecule has 0 spiro atoms. The summed E-state index contributed by atoms with van der Waals surface area (Å²) in [7, 11) is -3.45. The number of H-pyrrole nitrogens is 1.